The Labute approximate surface area is 105 Å². The molecule has 0 radical (unpaired) electrons. The molecule has 0 heterocycles. The molecule has 3 atom stereocenters. The van der Waals surface area contributed by atoms with Crippen molar-refractivity contribution < 1.29 is 4.79 Å². The summed E-state index contributed by atoms with van der Waals surface area (Å²) in [5.74, 6) is 3.21. The van der Waals surface area contributed by atoms with Crippen LogP contribution < -0.4 is 0 Å². The topological polar surface area (TPSA) is 17.1 Å². The molecule has 0 aromatic rings. The zero-order chi connectivity index (χ0) is 12.7. The zero-order valence-corrected chi connectivity index (χ0v) is 11.5. The molecule has 0 unspecified atom stereocenters. The molecule has 1 nitrogen and oxygen atoms in total. The third kappa shape index (κ3) is 2.02. The predicted octanol–water partition coefficient (Wildman–Crippen LogP) is 4.17. The van der Waals surface area contributed by atoms with E-state index in [0.29, 0.717) is 17.3 Å². The van der Waals surface area contributed by atoms with Gasteiger partial charge in [-0.25, -0.2) is 4.79 Å². The normalized spacial score (nSPS) is 39.9. The van der Waals surface area contributed by atoms with Crippen molar-refractivity contribution in [2.45, 2.75) is 53.4 Å². The lowest BCUT2D eigenvalue weighted by Gasteiger charge is -2.51. The Kier molecular flexibility index (Phi) is 3.08. The van der Waals surface area contributed by atoms with E-state index in [1.807, 2.05) is 5.94 Å². The van der Waals surface area contributed by atoms with Gasteiger partial charge in [0.1, 0.15) is 5.94 Å². The molecule has 1 fully saturated rings. The fraction of sp³-hybridized carbons (Fsp3) is 0.750. The smallest absolute Gasteiger partial charge is 0.120 e. The van der Waals surface area contributed by atoms with Gasteiger partial charge < -0.3 is 0 Å². The van der Waals surface area contributed by atoms with Crippen LogP contribution in [0.15, 0.2) is 17.7 Å². The molecule has 94 valence electrons. The molecule has 0 saturated heterocycles. The van der Waals surface area contributed by atoms with Gasteiger partial charge in [-0.2, -0.15) is 0 Å². The molecule has 17 heavy (non-hydrogen) atoms. The maximum atomic E-state index is 10.7. The Morgan fingerprint density at radius 2 is 2.12 bits per heavy atom. The van der Waals surface area contributed by atoms with Crippen LogP contribution in [0.2, 0.25) is 0 Å². The Bertz CT molecular complexity index is 384. The van der Waals surface area contributed by atoms with Crippen LogP contribution in [0.4, 0.5) is 0 Å². The Balaban J connectivity index is 2.41. The summed E-state index contributed by atoms with van der Waals surface area (Å²) in [7, 11) is 0. The van der Waals surface area contributed by atoms with Gasteiger partial charge in [0.05, 0.1) is 0 Å². The minimum atomic E-state index is 0.00449. The monoisotopic (exact) mass is 232 g/mol. The van der Waals surface area contributed by atoms with Crippen LogP contribution in [0.1, 0.15) is 53.4 Å². The first-order chi connectivity index (χ1) is 7.91. The molecule has 2 rings (SSSR count). The summed E-state index contributed by atoms with van der Waals surface area (Å²) in [6.45, 7) is 9.30. The average molecular weight is 232 g/mol. The van der Waals surface area contributed by atoms with E-state index in [9.17, 15) is 4.79 Å². The summed E-state index contributed by atoms with van der Waals surface area (Å²) < 4.78 is 0. The largest absolute Gasteiger partial charge is 0.234 e. The minimum Gasteiger partial charge on any atom is -0.234 e. The molecule has 0 aromatic heterocycles. The van der Waals surface area contributed by atoms with Gasteiger partial charge in [0, 0.05) is 11.5 Å². The Morgan fingerprint density at radius 1 is 1.41 bits per heavy atom. The summed E-state index contributed by atoms with van der Waals surface area (Å²) in [4.78, 5) is 10.7. The molecule has 0 amide bonds. The highest BCUT2D eigenvalue weighted by Crippen LogP contribution is 2.55. The quantitative estimate of drug-likeness (QED) is 0.490. The average Bonchev–Trinajstić information content (AvgIpc) is 2.23. The number of carbonyl (C=O) groups excluding carboxylic acids is 1. The SMILES string of the molecule is C[C@@H]1[C@@H]2C(=CC[C@@]1(C)C=C=O)CCCC2(C)C. The van der Waals surface area contributed by atoms with Crippen LogP contribution >= 0.6 is 0 Å². The molecule has 1 saturated carbocycles. The molecule has 2 aliphatic carbocycles. The molecule has 0 aliphatic heterocycles. The fourth-order valence-corrected chi connectivity index (χ4v) is 4.03. The number of rotatable bonds is 1. The molecule has 0 N–H and O–H groups in total. The first-order valence-electron chi connectivity index (χ1n) is 6.82. The molecule has 0 aromatic carbocycles. The maximum Gasteiger partial charge on any atom is 0.120 e. The predicted molar refractivity (Wildman–Crippen MR) is 71.4 cm³/mol. The van der Waals surface area contributed by atoms with E-state index >= 15 is 0 Å². The standard InChI is InChI=1S/C16H24O/c1-12-14-13(6-5-8-15(14,2)3)7-9-16(12,4)10-11-17/h7,10,12,14H,5-6,8-9H2,1-4H3/t12-,14-,16+/m1/s1. The van der Waals surface area contributed by atoms with Gasteiger partial charge >= 0.3 is 0 Å². The van der Waals surface area contributed by atoms with Crippen molar-refractivity contribution in [1.29, 1.82) is 0 Å². The number of hydrogen-bond donors (Lipinski definition) is 0. The van der Waals surface area contributed by atoms with Crippen LogP contribution in [0, 0.1) is 22.7 Å². The van der Waals surface area contributed by atoms with Crippen molar-refractivity contribution in [2.24, 2.45) is 22.7 Å². The third-order valence-corrected chi connectivity index (χ3v) is 5.26. The van der Waals surface area contributed by atoms with E-state index in [-0.39, 0.29) is 5.41 Å². The van der Waals surface area contributed by atoms with Gasteiger partial charge in [-0.3, -0.25) is 0 Å². The van der Waals surface area contributed by atoms with Crippen molar-refractivity contribution in [3.63, 3.8) is 0 Å². The summed E-state index contributed by atoms with van der Waals surface area (Å²) in [5, 5.41) is 0. The highest BCUT2D eigenvalue weighted by molar-refractivity contribution is 5.48. The van der Waals surface area contributed by atoms with Gasteiger partial charge in [0.15, 0.2) is 0 Å². The van der Waals surface area contributed by atoms with Gasteiger partial charge in [-0.15, -0.1) is 0 Å². The van der Waals surface area contributed by atoms with E-state index in [1.54, 1.807) is 11.6 Å². The van der Waals surface area contributed by atoms with E-state index < -0.39 is 0 Å². The molecule has 2 aliphatic rings. The molecule has 1 heteroatoms. The summed E-state index contributed by atoms with van der Waals surface area (Å²) >= 11 is 0. The zero-order valence-electron chi connectivity index (χ0n) is 11.5. The van der Waals surface area contributed by atoms with E-state index in [1.165, 1.54) is 19.3 Å². The summed E-state index contributed by atoms with van der Waals surface area (Å²) in [6, 6.07) is 0. The van der Waals surface area contributed by atoms with Crippen molar-refractivity contribution in [1.82, 2.24) is 0 Å². The summed E-state index contributed by atoms with van der Waals surface area (Å²) in [6.07, 6.45) is 9.06. The number of fused-ring (bicyclic) bond motifs is 1. The number of allylic oxidation sites excluding steroid dienone is 3. The highest BCUT2D eigenvalue weighted by Gasteiger charge is 2.46. The molecular formula is C16H24O. The van der Waals surface area contributed by atoms with Gasteiger partial charge in [0.25, 0.3) is 0 Å². The van der Waals surface area contributed by atoms with Crippen LogP contribution in [0.25, 0.3) is 0 Å². The Morgan fingerprint density at radius 3 is 2.76 bits per heavy atom. The van der Waals surface area contributed by atoms with Crippen molar-refractivity contribution in [3.8, 4) is 0 Å². The van der Waals surface area contributed by atoms with Gasteiger partial charge in [0.2, 0.25) is 0 Å². The van der Waals surface area contributed by atoms with Gasteiger partial charge in [-0.05, 0) is 42.9 Å². The second-order valence-electron chi connectivity index (χ2n) is 6.86. The molecule has 0 spiro atoms. The third-order valence-electron chi connectivity index (χ3n) is 5.26. The first kappa shape index (κ1) is 12.6. The lowest BCUT2D eigenvalue weighted by atomic mass is 9.53. The Hall–Kier alpha value is -0.810. The highest BCUT2D eigenvalue weighted by atomic mass is 16.1. The molecular weight excluding hydrogens is 208 g/mol. The second kappa shape index (κ2) is 4.14. The van der Waals surface area contributed by atoms with Crippen LogP contribution in [0.3, 0.4) is 0 Å². The fourth-order valence-electron chi connectivity index (χ4n) is 4.03. The second-order valence-corrected chi connectivity index (χ2v) is 6.86. The van der Waals surface area contributed by atoms with Crippen molar-refractivity contribution in [3.05, 3.63) is 17.7 Å². The minimum absolute atomic E-state index is 0.00449. The molecule has 0 bridgehead atoms. The first-order valence-corrected chi connectivity index (χ1v) is 6.82. The van der Waals surface area contributed by atoms with Crippen LogP contribution in [-0.2, 0) is 4.79 Å². The van der Waals surface area contributed by atoms with Crippen molar-refractivity contribution in [2.75, 3.05) is 0 Å². The summed E-state index contributed by atoms with van der Waals surface area (Å²) in [5.41, 5.74) is 2.03. The van der Waals surface area contributed by atoms with E-state index in [4.69, 9.17) is 0 Å². The lowest BCUT2D eigenvalue weighted by molar-refractivity contribution is 0.0676. The number of hydrogen-bond acceptors (Lipinski definition) is 1. The van der Waals surface area contributed by atoms with E-state index in [0.717, 1.165) is 6.42 Å². The van der Waals surface area contributed by atoms with Gasteiger partial charge in [-0.1, -0.05) is 39.3 Å². The lowest BCUT2D eigenvalue weighted by Crippen LogP contribution is -2.43. The van der Waals surface area contributed by atoms with Crippen LogP contribution in [0.5, 0.6) is 0 Å². The maximum absolute atomic E-state index is 10.7. The van der Waals surface area contributed by atoms with Crippen molar-refractivity contribution >= 4 is 5.94 Å². The van der Waals surface area contributed by atoms with E-state index in [2.05, 4.69) is 33.8 Å². The van der Waals surface area contributed by atoms with Crippen LogP contribution in [-0.4, -0.2) is 5.94 Å².